The number of halogens is 1. The highest BCUT2D eigenvalue weighted by atomic mass is 35.5. The van der Waals surface area contributed by atoms with Crippen LogP contribution < -0.4 is 4.74 Å². The van der Waals surface area contributed by atoms with Gasteiger partial charge in [-0.05, 0) is 49.8 Å². The van der Waals surface area contributed by atoms with Gasteiger partial charge in [-0.25, -0.2) is 0 Å². The highest BCUT2D eigenvalue weighted by Gasteiger charge is 2.32. The van der Waals surface area contributed by atoms with Crippen molar-refractivity contribution in [2.75, 3.05) is 33.3 Å². The molecule has 5 nitrogen and oxygen atoms in total. The lowest BCUT2D eigenvalue weighted by molar-refractivity contribution is -0.138. The molecule has 0 bridgehead atoms. The zero-order chi connectivity index (χ0) is 18.7. The van der Waals surface area contributed by atoms with E-state index in [1.165, 1.54) is 0 Å². The fourth-order valence-corrected chi connectivity index (χ4v) is 4.01. The van der Waals surface area contributed by atoms with Gasteiger partial charge < -0.3 is 14.5 Å². The number of nitrogens with zero attached hydrogens (tertiary/aromatic N) is 2. The van der Waals surface area contributed by atoms with E-state index in [1.807, 2.05) is 4.90 Å². The summed E-state index contributed by atoms with van der Waals surface area (Å²) >= 11 is 6.04. The Bertz CT molecular complexity index is 663. The smallest absolute Gasteiger partial charge is 0.257 e. The molecule has 1 aromatic rings. The summed E-state index contributed by atoms with van der Waals surface area (Å²) in [6, 6.07) is 5.07. The maximum Gasteiger partial charge on any atom is 0.257 e. The number of hydrogen-bond donors (Lipinski definition) is 0. The van der Waals surface area contributed by atoms with E-state index in [-0.39, 0.29) is 17.7 Å². The molecule has 26 heavy (non-hydrogen) atoms. The quantitative estimate of drug-likeness (QED) is 0.809. The second-order valence-electron chi connectivity index (χ2n) is 7.42. The number of ether oxygens (including phenoxy) is 1. The van der Waals surface area contributed by atoms with E-state index < -0.39 is 0 Å². The second-order valence-corrected chi connectivity index (χ2v) is 7.86. The SMILES string of the molecule is COc1ccc(Cl)cc1C(=O)N1CCC(C(=O)N2CCC(C)CC2)CC1. The molecule has 2 aliphatic heterocycles. The summed E-state index contributed by atoms with van der Waals surface area (Å²) < 4.78 is 5.29. The molecule has 6 heteroatoms. The van der Waals surface area contributed by atoms with Gasteiger partial charge in [0.2, 0.25) is 5.91 Å². The number of rotatable bonds is 3. The molecule has 0 atom stereocenters. The number of piperidine rings is 2. The molecule has 2 heterocycles. The molecule has 0 radical (unpaired) electrons. The third-order valence-corrected chi connectivity index (χ3v) is 5.85. The lowest BCUT2D eigenvalue weighted by atomic mass is 9.92. The van der Waals surface area contributed by atoms with Gasteiger partial charge in [0.15, 0.2) is 0 Å². The van der Waals surface area contributed by atoms with Crippen molar-refractivity contribution in [3.8, 4) is 5.75 Å². The maximum atomic E-state index is 12.8. The van der Waals surface area contributed by atoms with Gasteiger partial charge in [-0.3, -0.25) is 9.59 Å². The van der Waals surface area contributed by atoms with Gasteiger partial charge in [-0.1, -0.05) is 18.5 Å². The average Bonchev–Trinajstić information content (AvgIpc) is 2.67. The van der Waals surface area contributed by atoms with Gasteiger partial charge in [0.25, 0.3) is 5.91 Å². The minimum atomic E-state index is -0.0814. The topological polar surface area (TPSA) is 49.9 Å². The van der Waals surface area contributed by atoms with Gasteiger partial charge in [0.05, 0.1) is 12.7 Å². The van der Waals surface area contributed by atoms with E-state index >= 15 is 0 Å². The minimum Gasteiger partial charge on any atom is -0.496 e. The van der Waals surface area contributed by atoms with Crippen molar-refractivity contribution < 1.29 is 14.3 Å². The summed E-state index contributed by atoms with van der Waals surface area (Å²) in [4.78, 5) is 29.4. The van der Waals surface area contributed by atoms with Crippen LogP contribution >= 0.6 is 11.6 Å². The zero-order valence-corrected chi connectivity index (χ0v) is 16.3. The maximum absolute atomic E-state index is 12.8. The normalized spacial score (nSPS) is 19.5. The van der Waals surface area contributed by atoms with Gasteiger partial charge in [0.1, 0.15) is 5.75 Å². The van der Waals surface area contributed by atoms with Crippen LogP contribution in [0.1, 0.15) is 43.0 Å². The van der Waals surface area contributed by atoms with Gasteiger partial charge >= 0.3 is 0 Å². The van der Waals surface area contributed by atoms with E-state index in [9.17, 15) is 9.59 Å². The number of benzene rings is 1. The van der Waals surface area contributed by atoms with Crippen molar-refractivity contribution in [3.63, 3.8) is 0 Å². The lowest BCUT2D eigenvalue weighted by Gasteiger charge is -2.36. The Kier molecular flexibility index (Phi) is 6.07. The van der Waals surface area contributed by atoms with Gasteiger partial charge in [-0.2, -0.15) is 0 Å². The number of methoxy groups -OCH3 is 1. The Labute approximate surface area is 160 Å². The monoisotopic (exact) mass is 378 g/mol. The first-order valence-electron chi connectivity index (χ1n) is 9.41. The fraction of sp³-hybridized carbons (Fsp3) is 0.600. The average molecular weight is 379 g/mol. The second kappa shape index (κ2) is 8.30. The Hall–Kier alpha value is -1.75. The molecule has 0 spiro atoms. The predicted octanol–water partition coefficient (Wildman–Crippen LogP) is 3.46. The van der Waals surface area contributed by atoms with Crippen LogP contribution in [0.3, 0.4) is 0 Å². The van der Waals surface area contributed by atoms with Gasteiger partial charge in [-0.15, -0.1) is 0 Å². The molecule has 0 N–H and O–H groups in total. The standard InChI is InChI=1S/C20H27ClN2O3/c1-14-5-9-22(10-6-14)19(24)15-7-11-23(12-8-15)20(25)17-13-16(21)3-4-18(17)26-2/h3-4,13-15H,5-12H2,1-2H3. The Morgan fingerprint density at radius 1 is 1.04 bits per heavy atom. The van der Waals surface area contributed by atoms with Crippen LogP contribution in [0.25, 0.3) is 0 Å². The molecule has 142 valence electrons. The van der Waals surface area contributed by atoms with Crippen LogP contribution in [0.4, 0.5) is 0 Å². The van der Waals surface area contributed by atoms with Crippen molar-refractivity contribution in [2.45, 2.75) is 32.6 Å². The Morgan fingerprint density at radius 2 is 1.65 bits per heavy atom. The van der Waals surface area contributed by atoms with Crippen LogP contribution in [-0.2, 0) is 4.79 Å². The summed E-state index contributed by atoms with van der Waals surface area (Å²) in [6.45, 7) is 5.18. The number of amides is 2. The minimum absolute atomic E-state index is 0.0358. The van der Waals surface area contributed by atoms with Crippen molar-refractivity contribution in [2.24, 2.45) is 11.8 Å². The molecule has 2 amide bonds. The van der Waals surface area contributed by atoms with Crippen LogP contribution in [0.15, 0.2) is 18.2 Å². The molecule has 2 aliphatic rings. The third kappa shape index (κ3) is 4.14. The van der Waals surface area contributed by atoms with Gasteiger partial charge in [0, 0.05) is 37.1 Å². The van der Waals surface area contributed by atoms with E-state index in [1.54, 1.807) is 30.2 Å². The van der Waals surface area contributed by atoms with Crippen LogP contribution in [0, 0.1) is 11.8 Å². The summed E-state index contributed by atoms with van der Waals surface area (Å²) in [7, 11) is 1.55. The molecule has 1 aromatic carbocycles. The van der Waals surface area contributed by atoms with E-state index in [4.69, 9.17) is 16.3 Å². The highest BCUT2D eigenvalue weighted by Crippen LogP contribution is 2.28. The summed E-state index contributed by atoms with van der Waals surface area (Å²) in [6.07, 6.45) is 3.63. The van der Waals surface area contributed by atoms with E-state index in [0.717, 1.165) is 38.8 Å². The molecule has 0 unspecified atom stereocenters. The largest absolute Gasteiger partial charge is 0.496 e. The lowest BCUT2D eigenvalue weighted by Crippen LogP contribution is -2.46. The molecule has 2 fully saturated rings. The van der Waals surface area contributed by atoms with Crippen molar-refractivity contribution in [1.82, 2.24) is 9.80 Å². The molecule has 0 aliphatic carbocycles. The third-order valence-electron chi connectivity index (χ3n) is 5.62. The van der Waals surface area contributed by atoms with E-state index in [0.29, 0.717) is 35.3 Å². The zero-order valence-electron chi connectivity index (χ0n) is 15.5. The molecular formula is C20H27ClN2O3. The first kappa shape index (κ1) is 19.0. The summed E-state index contributed by atoms with van der Waals surface area (Å²) in [5, 5.41) is 0.513. The first-order valence-corrected chi connectivity index (χ1v) is 9.79. The first-order chi connectivity index (χ1) is 12.5. The highest BCUT2D eigenvalue weighted by molar-refractivity contribution is 6.31. The number of hydrogen-bond acceptors (Lipinski definition) is 3. The molecule has 0 aromatic heterocycles. The van der Waals surface area contributed by atoms with Crippen molar-refractivity contribution in [3.05, 3.63) is 28.8 Å². The Morgan fingerprint density at radius 3 is 2.27 bits per heavy atom. The summed E-state index contributed by atoms with van der Waals surface area (Å²) in [5.74, 6) is 1.46. The number of carbonyl (C=O) groups excluding carboxylic acids is 2. The molecule has 2 saturated heterocycles. The van der Waals surface area contributed by atoms with Crippen LogP contribution in [0.2, 0.25) is 5.02 Å². The fourth-order valence-electron chi connectivity index (χ4n) is 3.83. The molecular weight excluding hydrogens is 352 g/mol. The van der Waals surface area contributed by atoms with E-state index in [2.05, 4.69) is 6.92 Å². The predicted molar refractivity (Wildman–Crippen MR) is 102 cm³/mol. The molecule has 3 rings (SSSR count). The van der Waals surface area contributed by atoms with Crippen molar-refractivity contribution in [1.29, 1.82) is 0 Å². The Balaban J connectivity index is 1.59. The number of likely N-dealkylation sites (tertiary alicyclic amines) is 2. The summed E-state index contributed by atoms with van der Waals surface area (Å²) in [5.41, 5.74) is 0.481. The number of carbonyl (C=O) groups is 2. The van der Waals surface area contributed by atoms with Crippen LogP contribution in [-0.4, -0.2) is 54.9 Å². The van der Waals surface area contributed by atoms with Crippen molar-refractivity contribution >= 4 is 23.4 Å². The molecule has 0 saturated carbocycles. The van der Waals surface area contributed by atoms with Crippen LogP contribution in [0.5, 0.6) is 5.75 Å².